The third-order valence-electron chi connectivity index (χ3n) is 4.50. The number of carbonyl (C=O) groups is 2. The van der Waals surface area contributed by atoms with Crippen LogP contribution >= 0.6 is 58.8 Å². The lowest BCUT2D eigenvalue weighted by atomic mass is 10.1. The van der Waals surface area contributed by atoms with Crippen molar-refractivity contribution in [2.24, 2.45) is 0 Å². The summed E-state index contributed by atoms with van der Waals surface area (Å²) in [6.45, 7) is 0. The molecule has 0 N–H and O–H groups in total. The van der Waals surface area contributed by atoms with Crippen LogP contribution < -0.4 is 4.90 Å². The minimum Gasteiger partial charge on any atom is -0.465 e. The molecule has 10 heteroatoms. The Kier molecular flexibility index (Phi) is 6.65. The molecule has 5 nitrogen and oxygen atoms in total. The number of halogens is 3. The van der Waals surface area contributed by atoms with E-state index in [2.05, 4.69) is 0 Å². The first-order valence-electron chi connectivity index (χ1n) is 8.99. The molecule has 1 saturated heterocycles. The van der Waals surface area contributed by atoms with Crippen LogP contribution in [0.15, 0.2) is 57.9 Å². The van der Waals surface area contributed by atoms with Crippen molar-refractivity contribution in [3.05, 3.63) is 79.8 Å². The van der Waals surface area contributed by atoms with Crippen molar-refractivity contribution in [2.75, 3.05) is 12.0 Å². The molecule has 0 aliphatic carbocycles. The molecule has 1 amide bonds. The monoisotopic (exact) mass is 523 g/mol. The second kappa shape index (κ2) is 9.29. The second-order valence-corrected chi connectivity index (χ2v) is 9.43. The zero-order chi connectivity index (χ0) is 23.0. The first-order chi connectivity index (χ1) is 15.3. The number of hydrogen-bond donors (Lipinski definition) is 0. The molecule has 2 aromatic carbocycles. The summed E-state index contributed by atoms with van der Waals surface area (Å²) in [6, 6.07) is 13.2. The van der Waals surface area contributed by atoms with Gasteiger partial charge >= 0.3 is 5.97 Å². The smallest absolute Gasteiger partial charge is 0.339 e. The first kappa shape index (κ1) is 22.9. The molecule has 0 radical (unpaired) electrons. The second-order valence-electron chi connectivity index (χ2n) is 6.50. The van der Waals surface area contributed by atoms with Crippen molar-refractivity contribution in [1.29, 1.82) is 0 Å². The topological polar surface area (TPSA) is 59.8 Å². The summed E-state index contributed by atoms with van der Waals surface area (Å²) >= 11 is 24.8. The van der Waals surface area contributed by atoms with Crippen LogP contribution in [-0.2, 0) is 9.53 Å². The van der Waals surface area contributed by atoms with Gasteiger partial charge in [-0.15, -0.1) is 0 Å². The Morgan fingerprint density at radius 2 is 1.88 bits per heavy atom. The number of carbonyl (C=O) groups excluding carboxylic acids is 2. The number of thioether (sulfide) groups is 1. The highest BCUT2D eigenvalue weighted by Crippen LogP contribution is 2.40. The normalized spacial score (nSPS) is 15.0. The number of nitrogens with zero attached hydrogens (tertiary/aromatic N) is 1. The molecule has 1 fully saturated rings. The molecular weight excluding hydrogens is 513 g/mol. The van der Waals surface area contributed by atoms with Gasteiger partial charge in [-0.2, -0.15) is 0 Å². The maximum atomic E-state index is 13.0. The molecule has 0 unspecified atom stereocenters. The van der Waals surface area contributed by atoms with Crippen molar-refractivity contribution < 1.29 is 18.7 Å². The lowest BCUT2D eigenvalue weighted by Gasteiger charge is -2.16. The number of thiocarbonyl (C=S) groups is 1. The van der Waals surface area contributed by atoms with Crippen molar-refractivity contribution in [3.8, 4) is 11.3 Å². The fourth-order valence-electron chi connectivity index (χ4n) is 3.00. The molecular formula is C22H12Cl3NO4S2. The highest BCUT2D eigenvalue weighted by atomic mass is 35.5. The summed E-state index contributed by atoms with van der Waals surface area (Å²) in [6.07, 6.45) is 1.60. The number of amides is 1. The van der Waals surface area contributed by atoms with Gasteiger partial charge in [-0.25, -0.2) is 4.79 Å². The number of furan rings is 1. The zero-order valence-electron chi connectivity index (χ0n) is 16.2. The Morgan fingerprint density at radius 3 is 2.59 bits per heavy atom. The Balaban J connectivity index is 1.62. The van der Waals surface area contributed by atoms with Crippen LogP contribution in [0.5, 0.6) is 0 Å². The highest BCUT2D eigenvalue weighted by molar-refractivity contribution is 8.27. The maximum absolute atomic E-state index is 13.0. The van der Waals surface area contributed by atoms with Gasteiger partial charge in [0.15, 0.2) is 4.32 Å². The van der Waals surface area contributed by atoms with E-state index in [-0.39, 0.29) is 16.5 Å². The van der Waals surface area contributed by atoms with Crippen LogP contribution in [0.1, 0.15) is 16.1 Å². The van der Waals surface area contributed by atoms with Crippen LogP contribution in [0.25, 0.3) is 17.4 Å². The molecule has 3 aromatic rings. The van der Waals surface area contributed by atoms with E-state index in [4.69, 9.17) is 56.2 Å². The fourth-order valence-corrected chi connectivity index (χ4v) is 4.95. The molecule has 1 aliphatic heterocycles. The molecule has 162 valence electrons. The Bertz CT molecular complexity index is 1300. The van der Waals surface area contributed by atoms with E-state index >= 15 is 0 Å². The number of anilines is 1. The van der Waals surface area contributed by atoms with Gasteiger partial charge < -0.3 is 9.15 Å². The third-order valence-corrected chi connectivity index (χ3v) is 6.67. The number of esters is 1. The number of ether oxygens (including phenoxy) is 1. The van der Waals surface area contributed by atoms with Crippen molar-refractivity contribution >= 4 is 86.7 Å². The van der Waals surface area contributed by atoms with Crippen LogP contribution in [0, 0.1) is 0 Å². The summed E-state index contributed by atoms with van der Waals surface area (Å²) in [7, 11) is 1.28. The van der Waals surface area contributed by atoms with Crippen LogP contribution in [0.4, 0.5) is 5.69 Å². The van der Waals surface area contributed by atoms with Gasteiger partial charge in [0.25, 0.3) is 5.91 Å². The minimum atomic E-state index is -0.548. The summed E-state index contributed by atoms with van der Waals surface area (Å²) in [4.78, 5) is 26.6. The summed E-state index contributed by atoms with van der Waals surface area (Å²) in [5.41, 5.74) is 1.32. The van der Waals surface area contributed by atoms with Crippen LogP contribution in [0.2, 0.25) is 15.1 Å². The van der Waals surface area contributed by atoms with Crippen molar-refractivity contribution in [2.45, 2.75) is 0 Å². The summed E-state index contributed by atoms with van der Waals surface area (Å²) in [5, 5.41) is 1.05. The summed E-state index contributed by atoms with van der Waals surface area (Å²) < 4.78 is 11.0. The number of benzene rings is 2. The molecule has 0 atom stereocenters. The van der Waals surface area contributed by atoms with E-state index in [9.17, 15) is 9.59 Å². The van der Waals surface area contributed by atoms with Gasteiger partial charge in [-0.3, -0.25) is 9.69 Å². The molecule has 32 heavy (non-hydrogen) atoms. The summed E-state index contributed by atoms with van der Waals surface area (Å²) in [5.74, 6) is 0.0707. The quantitative estimate of drug-likeness (QED) is 0.206. The largest absolute Gasteiger partial charge is 0.465 e. The first-order valence-corrected chi connectivity index (χ1v) is 11.4. The molecule has 0 spiro atoms. The standard InChI is InChI=1S/C22H12Cl3NO4S2/c1-29-21(28)14-8-11(2-5-15(14)24)18-7-4-13(30-18)10-19-20(27)26(22(31)32-19)17-6-3-12(23)9-16(17)25/h2-10H,1H3/b19-10-. The molecule has 4 rings (SSSR count). The van der Waals surface area contributed by atoms with E-state index in [0.29, 0.717) is 42.0 Å². The average Bonchev–Trinajstić information content (AvgIpc) is 3.33. The van der Waals surface area contributed by atoms with Gasteiger partial charge in [0.1, 0.15) is 11.5 Å². The predicted molar refractivity (Wildman–Crippen MR) is 133 cm³/mol. The van der Waals surface area contributed by atoms with E-state index < -0.39 is 5.97 Å². The van der Waals surface area contributed by atoms with E-state index in [1.165, 1.54) is 12.0 Å². The predicted octanol–water partition coefficient (Wildman–Crippen LogP) is 7.10. The number of hydrogen-bond acceptors (Lipinski definition) is 6. The molecule has 0 bridgehead atoms. The van der Waals surface area contributed by atoms with E-state index in [1.54, 1.807) is 54.6 Å². The number of rotatable bonds is 4. The lowest BCUT2D eigenvalue weighted by Crippen LogP contribution is -2.27. The molecule has 1 aliphatic rings. The fraction of sp³-hybridized carbons (Fsp3) is 0.0455. The SMILES string of the molecule is COC(=O)c1cc(-c2ccc(/C=C3\SC(=S)N(c4ccc(Cl)cc4Cl)C3=O)o2)ccc1Cl. The Morgan fingerprint density at radius 1 is 1.09 bits per heavy atom. The molecule has 1 aromatic heterocycles. The Hall–Kier alpha value is -2.29. The van der Waals surface area contributed by atoms with Crippen LogP contribution in [0.3, 0.4) is 0 Å². The zero-order valence-corrected chi connectivity index (χ0v) is 20.1. The van der Waals surface area contributed by atoms with Gasteiger partial charge in [0.05, 0.1) is 33.3 Å². The van der Waals surface area contributed by atoms with E-state index in [1.807, 2.05) is 0 Å². The number of methoxy groups -OCH3 is 1. The Labute approximate surface area is 207 Å². The van der Waals surface area contributed by atoms with Gasteiger partial charge in [0.2, 0.25) is 0 Å². The van der Waals surface area contributed by atoms with Gasteiger partial charge in [0, 0.05) is 16.7 Å². The van der Waals surface area contributed by atoms with Crippen LogP contribution in [-0.4, -0.2) is 23.3 Å². The lowest BCUT2D eigenvalue weighted by molar-refractivity contribution is -0.113. The highest BCUT2D eigenvalue weighted by Gasteiger charge is 2.34. The van der Waals surface area contributed by atoms with Crippen molar-refractivity contribution in [3.63, 3.8) is 0 Å². The average molecular weight is 525 g/mol. The maximum Gasteiger partial charge on any atom is 0.339 e. The molecule has 0 saturated carbocycles. The molecule has 2 heterocycles. The van der Waals surface area contributed by atoms with Gasteiger partial charge in [-0.05, 0) is 48.5 Å². The van der Waals surface area contributed by atoms with Crippen molar-refractivity contribution in [1.82, 2.24) is 0 Å². The third kappa shape index (κ3) is 4.44. The minimum absolute atomic E-state index is 0.227. The van der Waals surface area contributed by atoms with E-state index in [0.717, 1.165) is 11.8 Å². The van der Waals surface area contributed by atoms with Gasteiger partial charge in [-0.1, -0.05) is 58.8 Å².